The molecule has 2 atom stereocenters. The number of hydrogen-bond acceptors (Lipinski definition) is 3. The van der Waals surface area contributed by atoms with Gasteiger partial charge in [-0.05, 0) is 36.8 Å². The number of ether oxygens (including phenoxy) is 2. The van der Waals surface area contributed by atoms with Gasteiger partial charge in [0.05, 0.1) is 12.5 Å². The normalized spacial score (nSPS) is 15.2. The lowest BCUT2D eigenvalue weighted by atomic mass is 10.1. The maximum absolute atomic E-state index is 11.0. The molecule has 3 nitrogen and oxygen atoms in total. The van der Waals surface area contributed by atoms with Crippen molar-refractivity contribution in [3.05, 3.63) is 24.7 Å². The van der Waals surface area contributed by atoms with E-state index in [1.54, 1.807) is 0 Å². The molecule has 0 aromatic carbocycles. The lowest BCUT2D eigenvalue weighted by Crippen LogP contribution is -1.99. The van der Waals surface area contributed by atoms with E-state index in [9.17, 15) is 4.79 Å². The number of rotatable bonds is 6. The molecule has 0 aromatic heterocycles. The summed E-state index contributed by atoms with van der Waals surface area (Å²) in [6.45, 7) is 8.24. The number of carbonyl (C=O) groups excluding carboxylic acids is 1. The molecule has 0 N–H and O–H groups in total. The fraction of sp³-hybridized carbons (Fsp3) is 0.615. The predicted octanol–water partition coefficient (Wildman–Crippen LogP) is 4.26. The molecule has 3 heteroatoms. The van der Waals surface area contributed by atoms with Gasteiger partial charge in [-0.2, -0.15) is 0 Å². The van der Waals surface area contributed by atoms with E-state index in [-0.39, 0.29) is 0 Å². The van der Waals surface area contributed by atoms with Crippen molar-refractivity contribution >= 4 is 6.16 Å². The van der Waals surface area contributed by atoms with Crippen LogP contribution in [0.1, 0.15) is 40.5 Å². The second kappa shape index (κ2) is 9.01. The Morgan fingerprint density at radius 3 is 1.69 bits per heavy atom. The fourth-order valence-corrected chi connectivity index (χ4v) is 0.758. The van der Waals surface area contributed by atoms with Crippen molar-refractivity contribution < 1.29 is 14.3 Å². The van der Waals surface area contributed by atoms with E-state index < -0.39 is 6.16 Å². The van der Waals surface area contributed by atoms with E-state index in [1.165, 1.54) is 12.5 Å². The van der Waals surface area contributed by atoms with E-state index in [1.807, 2.05) is 26.0 Å². The molecular weight excluding hydrogens is 204 g/mol. The molecule has 0 saturated heterocycles. The van der Waals surface area contributed by atoms with Gasteiger partial charge in [0.25, 0.3) is 0 Å². The Labute approximate surface area is 98.1 Å². The first-order valence-corrected chi connectivity index (χ1v) is 5.80. The van der Waals surface area contributed by atoms with E-state index in [4.69, 9.17) is 9.47 Å². The molecule has 92 valence electrons. The minimum absolute atomic E-state index is 0.406. The molecule has 0 spiro atoms. The molecule has 0 aromatic rings. The van der Waals surface area contributed by atoms with Crippen LogP contribution < -0.4 is 0 Å². The van der Waals surface area contributed by atoms with Crippen LogP contribution in [0.5, 0.6) is 0 Å². The van der Waals surface area contributed by atoms with Crippen molar-refractivity contribution in [1.82, 2.24) is 0 Å². The highest BCUT2D eigenvalue weighted by molar-refractivity contribution is 5.61. The van der Waals surface area contributed by atoms with Crippen LogP contribution in [0.25, 0.3) is 0 Å². The third-order valence-corrected chi connectivity index (χ3v) is 2.43. The van der Waals surface area contributed by atoms with Crippen molar-refractivity contribution in [3.8, 4) is 0 Å². The Hall–Kier alpha value is -1.25. The summed E-state index contributed by atoms with van der Waals surface area (Å²) < 4.78 is 9.47. The molecule has 0 aliphatic heterocycles. The molecule has 0 aliphatic carbocycles. The first-order valence-electron chi connectivity index (χ1n) is 5.80. The smallest absolute Gasteiger partial charge is 0.403 e. The molecular formula is C13H22O3. The topological polar surface area (TPSA) is 35.5 Å². The third-order valence-electron chi connectivity index (χ3n) is 2.43. The Kier molecular flexibility index (Phi) is 8.31. The van der Waals surface area contributed by atoms with Gasteiger partial charge in [0, 0.05) is 0 Å². The molecule has 0 heterocycles. The van der Waals surface area contributed by atoms with Crippen LogP contribution in [0.3, 0.4) is 0 Å². The van der Waals surface area contributed by atoms with E-state index in [2.05, 4.69) is 13.8 Å². The van der Waals surface area contributed by atoms with Crippen molar-refractivity contribution in [1.29, 1.82) is 0 Å². The molecule has 16 heavy (non-hydrogen) atoms. The SMILES string of the molecule is CCC(C)C=COC(=O)OC=CC(C)CC. The lowest BCUT2D eigenvalue weighted by molar-refractivity contribution is 0.119. The zero-order valence-electron chi connectivity index (χ0n) is 10.6. The summed E-state index contributed by atoms with van der Waals surface area (Å²) in [6, 6.07) is 0. The van der Waals surface area contributed by atoms with Crippen LogP contribution >= 0.6 is 0 Å². The summed E-state index contributed by atoms with van der Waals surface area (Å²) in [4.78, 5) is 11.0. The molecule has 0 radical (unpaired) electrons. The Balaban J connectivity index is 3.75. The highest BCUT2D eigenvalue weighted by atomic mass is 16.7. The van der Waals surface area contributed by atoms with Gasteiger partial charge in [0.2, 0.25) is 0 Å². The number of allylic oxidation sites excluding steroid dienone is 2. The first-order chi connectivity index (χ1) is 7.60. The van der Waals surface area contributed by atoms with Gasteiger partial charge in [-0.15, -0.1) is 0 Å². The van der Waals surface area contributed by atoms with Crippen LogP contribution in [0, 0.1) is 11.8 Å². The van der Waals surface area contributed by atoms with Gasteiger partial charge < -0.3 is 9.47 Å². The van der Waals surface area contributed by atoms with E-state index in [0.717, 1.165) is 12.8 Å². The van der Waals surface area contributed by atoms with Gasteiger partial charge >= 0.3 is 6.16 Å². The number of hydrogen-bond donors (Lipinski definition) is 0. The highest BCUT2D eigenvalue weighted by Gasteiger charge is 1.99. The predicted molar refractivity (Wildman–Crippen MR) is 64.8 cm³/mol. The highest BCUT2D eigenvalue weighted by Crippen LogP contribution is 2.03. The van der Waals surface area contributed by atoms with Gasteiger partial charge in [0.1, 0.15) is 0 Å². The first kappa shape index (κ1) is 14.8. The molecule has 0 bridgehead atoms. The Morgan fingerprint density at radius 1 is 1.00 bits per heavy atom. The van der Waals surface area contributed by atoms with E-state index in [0.29, 0.717) is 11.8 Å². The minimum atomic E-state index is -0.695. The fourth-order valence-electron chi connectivity index (χ4n) is 0.758. The zero-order valence-corrected chi connectivity index (χ0v) is 10.6. The Bertz CT molecular complexity index is 220. The van der Waals surface area contributed by atoms with Crippen molar-refractivity contribution in [2.45, 2.75) is 40.5 Å². The molecule has 0 amide bonds. The maximum Gasteiger partial charge on any atom is 0.518 e. The molecule has 0 fully saturated rings. The quantitative estimate of drug-likeness (QED) is 0.501. The summed E-state index contributed by atoms with van der Waals surface area (Å²) in [6.07, 6.45) is 7.77. The lowest BCUT2D eigenvalue weighted by Gasteiger charge is -2.01. The average molecular weight is 226 g/mol. The van der Waals surface area contributed by atoms with E-state index >= 15 is 0 Å². The van der Waals surface area contributed by atoms with Gasteiger partial charge in [-0.25, -0.2) is 4.79 Å². The van der Waals surface area contributed by atoms with Crippen LogP contribution in [-0.4, -0.2) is 6.16 Å². The van der Waals surface area contributed by atoms with Crippen LogP contribution in [0.2, 0.25) is 0 Å². The van der Waals surface area contributed by atoms with Crippen molar-refractivity contribution in [2.75, 3.05) is 0 Å². The second-order valence-electron chi connectivity index (χ2n) is 3.91. The maximum atomic E-state index is 11.0. The summed E-state index contributed by atoms with van der Waals surface area (Å²) >= 11 is 0. The van der Waals surface area contributed by atoms with Crippen molar-refractivity contribution in [3.63, 3.8) is 0 Å². The largest absolute Gasteiger partial charge is 0.518 e. The standard InChI is InChI=1S/C13H22O3/c1-5-11(3)7-9-15-13(14)16-10-8-12(4)6-2/h7-12H,5-6H2,1-4H3. The van der Waals surface area contributed by atoms with Gasteiger partial charge in [-0.1, -0.05) is 27.7 Å². The zero-order chi connectivity index (χ0) is 12.4. The van der Waals surface area contributed by atoms with Crippen molar-refractivity contribution in [2.24, 2.45) is 11.8 Å². The van der Waals surface area contributed by atoms with Gasteiger partial charge in [0.15, 0.2) is 0 Å². The minimum Gasteiger partial charge on any atom is -0.403 e. The van der Waals surface area contributed by atoms with Gasteiger partial charge in [-0.3, -0.25) is 0 Å². The molecule has 2 unspecified atom stereocenters. The Morgan fingerprint density at radius 2 is 1.38 bits per heavy atom. The average Bonchev–Trinajstić information content (AvgIpc) is 2.28. The van der Waals surface area contributed by atoms with Crippen LogP contribution in [0.4, 0.5) is 4.79 Å². The summed E-state index contributed by atoms with van der Waals surface area (Å²) in [7, 11) is 0. The summed E-state index contributed by atoms with van der Waals surface area (Å²) in [5.74, 6) is 0.812. The molecule has 0 rings (SSSR count). The monoisotopic (exact) mass is 226 g/mol. The second-order valence-corrected chi connectivity index (χ2v) is 3.91. The molecule has 0 aliphatic rings. The third kappa shape index (κ3) is 8.09. The number of carbonyl (C=O) groups is 1. The molecule has 0 saturated carbocycles. The van der Waals surface area contributed by atoms with Crippen LogP contribution in [0.15, 0.2) is 24.7 Å². The van der Waals surface area contributed by atoms with Crippen LogP contribution in [-0.2, 0) is 9.47 Å². The summed E-state index contributed by atoms with van der Waals surface area (Å²) in [5.41, 5.74) is 0. The summed E-state index contributed by atoms with van der Waals surface area (Å²) in [5, 5.41) is 0.